The minimum absolute atomic E-state index is 0.0546. The Labute approximate surface area is 114 Å². The lowest BCUT2D eigenvalue weighted by atomic mass is 10.0. The van der Waals surface area contributed by atoms with Crippen LogP contribution in [-0.2, 0) is 19.1 Å². The van der Waals surface area contributed by atoms with Gasteiger partial charge in [0.1, 0.15) is 6.10 Å². The second kappa shape index (κ2) is 6.69. The second-order valence-electron chi connectivity index (χ2n) is 4.21. The normalized spacial score (nSPS) is 16.2. The molecule has 8 nitrogen and oxygen atoms in total. The van der Waals surface area contributed by atoms with Crippen molar-refractivity contribution >= 4 is 11.9 Å². The van der Waals surface area contributed by atoms with Crippen LogP contribution in [0.1, 0.15) is 26.2 Å². The van der Waals surface area contributed by atoms with E-state index in [2.05, 4.69) is 4.74 Å². The number of ether oxygens (including phenoxy) is 2. The number of carboxylic acids is 1. The molecule has 0 fully saturated rings. The molecule has 1 atom stereocenters. The molecular formula is C12H15NO7. The van der Waals surface area contributed by atoms with Crippen molar-refractivity contribution in [2.45, 2.75) is 32.3 Å². The molecule has 0 saturated heterocycles. The van der Waals surface area contributed by atoms with Crippen LogP contribution in [0.15, 0.2) is 23.1 Å². The van der Waals surface area contributed by atoms with Gasteiger partial charge < -0.3 is 14.6 Å². The number of hydrogen-bond donors (Lipinski definition) is 1. The smallest absolute Gasteiger partial charge is 0.337 e. The monoisotopic (exact) mass is 285 g/mol. The van der Waals surface area contributed by atoms with Crippen LogP contribution >= 0.6 is 0 Å². The van der Waals surface area contributed by atoms with Gasteiger partial charge in [0.05, 0.1) is 24.0 Å². The van der Waals surface area contributed by atoms with E-state index < -0.39 is 23.0 Å². The Balaban J connectivity index is 3.10. The highest BCUT2D eigenvalue weighted by atomic mass is 16.6. The first-order valence-electron chi connectivity index (χ1n) is 5.91. The summed E-state index contributed by atoms with van der Waals surface area (Å²) in [5, 5.41) is 19.7. The maximum Gasteiger partial charge on any atom is 0.337 e. The predicted molar refractivity (Wildman–Crippen MR) is 66.2 cm³/mol. The number of hydrogen-bond acceptors (Lipinski definition) is 6. The van der Waals surface area contributed by atoms with Gasteiger partial charge in [-0.1, -0.05) is 0 Å². The van der Waals surface area contributed by atoms with Crippen LogP contribution in [0.3, 0.4) is 0 Å². The summed E-state index contributed by atoms with van der Waals surface area (Å²) in [6, 6.07) is 0. The molecule has 1 N–H and O–H groups in total. The number of nitro groups is 1. The first-order chi connectivity index (χ1) is 9.36. The molecule has 1 rings (SSSR count). The fraction of sp³-hybridized carbons (Fsp3) is 0.500. The average molecular weight is 285 g/mol. The lowest BCUT2D eigenvalue weighted by Gasteiger charge is -2.19. The van der Waals surface area contributed by atoms with Gasteiger partial charge in [0.2, 0.25) is 5.76 Å². The highest BCUT2D eigenvalue weighted by Gasteiger charge is 2.32. The maximum atomic E-state index is 11.6. The molecule has 0 amide bonds. The van der Waals surface area contributed by atoms with Crippen molar-refractivity contribution in [3.05, 3.63) is 33.2 Å². The quantitative estimate of drug-likeness (QED) is 0.443. The van der Waals surface area contributed by atoms with Gasteiger partial charge in [-0.3, -0.25) is 14.9 Å². The van der Waals surface area contributed by atoms with Gasteiger partial charge in [-0.05, 0) is 25.8 Å². The van der Waals surface area contributed by atoms with Crippen molar-refractivity contribution in [2.24, 2.45) is 0 Å². The van der Waals surface area contributed by atoms with Gasteiger partial charge in [0.25, 0.3) is 0 Å². The molecule has 0 saturated carbocycles. The van der Waals surface area contributed by atoms with Crippen LogP contribution in [0, 0.1) is 10.1 Å². The van der Waals surface area contributed by atoms with E-state index in [1.807, 2.05) is 0 Å². The Morgan fingerprint density at radius 1 is 1.55 bits per heavy atom. The molecule has 8 heteroatoms. The van der Waals surface area contributed by atoms with Crippen LogP contribution in [0.25, 0.3) is 0 Å². The van der Waals surface area contributed by atoms with Crippen LogP contribution in [0.5, 0.6) is 0 Å². The van der Waals surface area contributed by atoms with Gasteiger partial charge in [0.15, 0.2) is 0 Å². The van der Waals surface area contributed by atoms with Crippen molar-refractivity contribution in [1.29, 1.82) is 0 Å². The van der Waals surface area contributed by atoms with Crippen molar-refractivity contribution in [3.63, 3.8) is 0 Å². The number of allylic oxidation sites excluding steroid dienone is 1. The molecule has 110 valence electrons. The maximum absolute atomic E-state index is 11.6. The number of carboxylic acid groups (broad SMARTS) is 1. The highest BCUT2D eigenvalue weighted by molar-refractivity contribution is 5.90. The Morgan fingerprint density at radius 2 is 2.20 bits per heavy atom. The third-order valence-electron chi connectivity index (χ3n) is 2.65. The third-order valence-corrected chi connectivity index (χ3v) is 2.65. The minimum atomic E-state index is -1.10. The summed E-state index contributed by atoms with van der Waals surface area (Å²) < 4.78 is 9.87. The summed E-state index contributed by atoms with van der Waals surface area (Å²) >= 11 is 0. The molecule has 0 aromatic rings. The van der Waals surface area contributed by atoms with E-state index in [0.29, 0.717) is 6.42 Å². The Kier molecular flexibility index (Phi) is 5.24. The number of aliphatic carboxylic acids is 1. The summed E-state index contributed by atoms with van der Waals surface area (Å²) in [6.07, 6.45) is 0.779. The van der Waals surface area contributed by atoms with Gasteiger partial charge in [0, 0.05) is 0 Å². The molecule has 0 spiro atoms. The summed E-state index contributed by atoms with van der Waals surface area (Å²) in [5.74, 6) is -2.02. The SMILES string of the molecule is COC(=O)C1=C(OC(C)CC(=O)O)C([N+](=O)[O-])=CCC1. The van der Waals surface area contributed by atoms with Gasteiger partial charge in [-0.15, -0.1) is 0 Å². The zero-order chi connectivity index (χ0) is 15.3. The van der Waals surface area contributed by atoms with Crippen molar-refractivity contribution in [3.8, 4) is 0 Å². The summed E-state index contributed by atoms with van der Waals surface area (Å²) in [7, 11) is 1.16. The number of nitrogens with zero attached hydrogens (tertiary/aromatic N) is 1. The molecule has 0 radical (unpaired) electrons. The number of carbonyl (C=O) groups excluding carboxylic acids is 1. The number of esters is 1. The van der Waals surface area contributed by atoms with Crippen molar-refractivity contribution in [1.82, 2.24) is 0 Å². The molecule has 0 aliphatic heterocycles. The molecular weight excluding hydrogens is 270 g/mol. The van der Waals surface area contributed by atoms with Crippen LogP contribution in [0.2, 0.25) is 0 Å². The van der Waals surface area contributed by atoms with E-state index in [1.54, 1.807) is 0 Å². The third kappa shape index (κ3) is 3.81. The fourth-order valence-corrected chi connectivity index (χ4v) is 1.81. The van der Waals surface area contributed by atoms with Gasteiger partial charge in [-0.25, -0.2) is 4.79 Å². The molecule has 20 heavy (non-hydrogen) atoms. The summed E-state index contributed by atoms with van der Waals surface area (Å²) in [4.78, 5) is 32.5. The summed E-state index contributed by atoms with van der Waals surface area (Å²) in [5.41, 5.74) is -0.284. The van der Waals surface area contributed by atoms with E-state index in [1.165, 1.54) is 13.0 Å². The molecule has 1 aliphatic carbocycles. The Hall–Kier alpha value is -2.38. The molecule has 0 bridgehead atoms. The molecule has 1 unspecified atom stereocenters. The van der Waals surface area contributed by atoms with Crippen molar-refractivity contribution < 1.29 is 29.1 Å². The van der Waals surface area contributed by atoms with Crippen LogP contribution in [-0.4, -0.2) is 35.2 Å². The number of carbonyl (C=O) groups is 2. The predicted octanol–water partition coefficient (Wildman–Crippen LogP) is 1.25. The van der Waals surface area contributed by atoms with Gasteiger partial charge in [-0.2, -0.15) is 0 Å². The fourth-order valence-electron chi connectivity index (χ4n) is 1.81. The molecule has 1 aliphatic rings. The summed E-state index contributed by atoms with van der Waals surface area (Å²) in [6.45, 7) is 1.46. The van der Waals surface area contributed by atoms with E-state index >= 15 is 0 Å². The van der Waals surface area contributed by atoms with Crippen LogP contribution < -0.4 is 0 Å². The molecule has 0 heterocycles. The zero-order valence-corrected chi connectivity index (χ0v) is 11.1. The number of methoxy groups -OCH3 is 1. The van der Waals surface area contributed by atoms with E-state index in [4.69, 9.17) is 9.84 Å². The lowest BCUT2D eigenvalue weighted by Crippen LogP contribution is -2.22. The first kappa shape index (κ1) is 15.7. The first-order valence-corrected chi connectivity index (χ1v) is 5.91. The lowest BCUT2D eigenvalue weighted by molar-refractivity contribution is -0.425. The largest absolute Gasteiger partial charge is 0.483 e. The zero-order valence-electron chi connectivity index (χ0n) is 11.1. The van der Waals surface area contributed by atoms with Crippen LogP contribution in [0.4, 0.5) is 0 Å². The molecule has 0 aromatic carbocycles. The number of rotatable bonds is 6. The Bertz CT molecular complexity index is 492. The van der Waals surface area contributed by atoms with E-state index in [9.17, 15) is 19.7 Å². The Morgan fingerprint density at radius 3 is 2.70 bits per heavy atom. The van der Waals surface area contributed by atoms with E-state index in [0.717, 1.165) is 7.11 Å². The second-order valence-corrected chi connectivity index (χ2v) is 4.21. The van der Waals surface area contributed by atoms with Gasteiger partial charge >= 0.3 is 17.6 Å². The molecule has 0 aromatic heterocycles. The highest BCUT2D eigenvalue weighted by Crippen LogP contribution is 2.29. The topological polar surface area (TPSA) is 116 Å². The van der Waals surface area contributed by atoms with E-state index in [-0.39, 0.29) is 29.9 Å². The standard InChI is InChI=1S/C12H15NO7/c1-7(6-10(14)15)20-11-8(12(16)19-2)4-3-5-9(11)13(17)18/h5,7H,3-4,6H2,1-2H3,(H,14,15). The minimum Gasteiger partial charge on any atom is -0.483 e. The van der Waals surface area contributed by atoms with Crippen molar-refractivity contribution in [2.75, 3.05) is 7.11 Å². The average Bonchev–Trinajstić information content (AvgIpc) is 2.36.